The number of thioether (sulfide) groups is 1. The maximum atomic E-state index is 14.1. The molecule has 0 unspecified atom stereocenters. The van der Waals surface area contributed by atoms with Crippen LogP contribution >= 0.6 is 23.4 Å². The molecule has 4 aromatic rings. The van der Waals surface area contributed by atoms with Crippen LogP contribution in [0.2, 0.25) is 5.02 Å². The Morgan fingerprint density at radius 3 is 2.74 bits per heavy atom. The maximum absolute atomic E-state index is 14.1. The van der Waals surface area contributed by atoms with Crippen molar-refractivity contribution in [3.05, 3.63) is 88.7 Å². The van der Waals surface area contributed by atoms with Crippen LogP contribution in [0.3, 0.4) is 0 Å². The van der Waals surface area contributed by atoms with E-state index in [4.69, 9.17) is 11.6 Å². The summed E-state index contributed by atoms with van der Waals surface area (Å²) in [6.45, 7) is 0.438. The van der Waals surface area contributed by atoms with Crippen molar-refractivity contribution in [1.29, 1.82) is 0 Å². The number of fused-ring (bicyclic) bond motifs is 1. The van der Waals surface area contributed by atoms with Crippen molar-refractivity contribution in [2.45, 2.75) is 17.5 Å². The summed E-state index contributed by atoms with van der Waals surface area (Å²) in [5.74, 6) is -0.294. The van der Waals surface area contributed by atoms with E-state index in [-0.39, 0.29) is 11.6 Å². The van der Waals surface area contributed by atoms with Gasteiger partial charge in [0.15, 0.2) is 5.16 Å². The van der Waals surface area contributed by atoms with Crippen LogP contribution < -0.4 is 0 Å². The Hall–Kier alpha value is -2.44. The number of aromatic nitrogens is 3. The molecule has 0 saturated heterocycles. The summed E-state index contributed by atoms with van der Waals surface area (Å²) >= 11 is 7.51. The van der Waals surface area contributed by atoms with Gasteiger partial charge in [0.1, 0.15) is 11.6 Å². The van der Waals surface area contributed by atoms with Crippen molar-refractivity contribution in [3.63, 3.8) is 0 Å². The molecule has 2 aromatic carbocycles. The zero-order chi connectivity index (χ0) is 18.8. The average molecular weight is 402 g/mol. The minimum Gasteiger partial charge on any atom is -0.313 e. The molecular formula is C20H14ClF2N3S. The van der Waals surface area contributed by atoms with E-state index in [9.17, 15) is 8.78 Å². The molecule has 27 heavy (non-hydrogen) atoms. The van der Waals surface area contributed by atoms with Gasteiger partial charge in [-0.2, -0.15) is 0 Å². The summed E-state index contributed by atoms with van der Waals surface area (Å²) in [7, 11) is 0. The van der Waals surface area contributed by atoms with Crippen molar-refractivity contribution in [2.75, 3.05) is 0 Å². The molecule has 0 radical (unpaired) electrons. The van der Waals surface area contributed by atoms with Gasteiger partial charge in [-0.05, 0) is 35.9 Å². The van der Waals surface area contributed by atoms with Crippen molar-refractivity contribution >= 4 is 34.4 Å². The fourth-order valence-electron chi connectivity index (χ4n) is 2.84. The van der Waals surface area contributed by atoms with Crippen molar-refractivity contribution < 1.29 is 8.78 Å². The standard InChI is InChI=1S/C20H14ClF2N3S/c21-16-5-2-6-17(23)15(16)12-27-20-25-18-7-8-24-10-19(18)26(20)11-13-3-1-4-14(22)9-13/h1-10H,11-12H2. The molecule has 4 rings (SSSR count). The lowest BCUT2D eigenvalue weighted by Gasteiger charge is -2.10. The van der Waals surface area contributed by atoms with Gasteiger partial charge in [-0.1, -0.05) is 41.6 Å². The van der Waals surface area contributed by atoms with E-state index in [1.54, 1.807) is 30.6 Å². The molecule has 7 heteroatoms. The van der Waals surface area contributed by atoms with Crippen LogP contribution in [-0.4, -0.2) is 14.5 Å². The van der Waals surface area contributed by atoms with E-state index in [1.807, 2.05) is 16.7 Å². The lowest BCUT2D eigenvalue weighted by atomic mass is 10.2. The average Bonchev–Trinajstić information content (AvgIpc) is 2.99. The molecule has 136 valence electrons. The third-order valence-corrected chi connectivity index (χ3v) is 5.51. The predicted molar refractivity (Wildman–Crippen MR) is 104 cm³/mol. The Bertz CT molecular complexity index is 1090. The summed E-state index contributed by atoms with van der Waals surface area (Å²) in [5, 5.41) is 1.08. The fraction of sp³-hybridized carbons (Fsp3) is 0.100. The highest BCUT2D eigenvalue weighted by Crippen LogP contribution is 2.30. The van der Waals surface area contributed by atoms with E-state index < -0.39 is 0 Å². The number of hydrogen-bond donors (Lipinski definition) is 0. The summed E-state index contributed by atoms with van der Waals surface area (Å²) in [6.07, 6.45) is 3.39. The topological polar surface area (TPSA) is 30.7 Å². The van der Waals surface area contributed by atoms with Gasteiger partial charge in [-0.15, -0.1) is 0 Å². The van der Waals surface area contributed by atoms with E-state index >= 15 is 0 Å². The molecule has 0 saturated carbocycles. The quantitative estimate of drug-likeness (QED) is 0.402. The molecule has 0 aliphatic carbocycles. The van der Waals surface area contributed by atoms with Crippen LogP contribution in [0.25, 0.3) is 11.0 Å². The Labute approximate surface area is 164 Å². The lowest BCUT2D eigenvalue weighted by molar-refractivity contribution is 0.617. The van der Waals surface area contributed by atoms with Crippen LogP contribution in [-0.2, 0) is 12.3 Å². The molecule has 0 N–H and O–H groups in total. The Balaban J connectivity index is 1.69. The van der Waals surface area contributed by atoms with Crippen LogP contribution in [0.4, 0.5) is 8.78 Å². The van der Waals surface area contributed by atoms with Gasteiger partial charge in [0.05, 0.1) is 23.8 Å². The minimum absolute atomic E-state index is 0.289. The van der Waals surface area contributed by atoms with E-state index in [2.05, 4.69) is 9.97 Å². The smallest absolute Gasteiger partial charge is 0.169 e. The van der Waals surface area contributed by atoms with Crippen molar-refractivity contribution in [3.8, 4) is 0 Å². The number of benzene rings is 2. The number of rotatable bonds is 5. The molecule has 3 nitrogen and oxygen atoms in total. The van der Waals surface area contributed by atoms with Gasteiger partial charge in [-0.3, -0.25) is 4.98 Å². The summed E-state index contributed by atoms with van der Waals surface area (Å²) in [4.78, 5) is 8.80. The van der Waals surface area contributed by atoms with Gasteiger partial charge in [-0.25, -0.2) is 13.8 Å². The SMILES string of the molecule is Fc1cccc(Cn2c(SCc3c(F)cccc3Cl)nc3ccncc32)c1. The van der Waals surface area contributed by atoms with Crippen molar-refractivity contribution in [1.82, 2.24) is 14.5 Å². The molecule has 0 bridgehead atoms. The molecule has 2 aromatic heterocycles. The highest BCUT2D eigenvalue weighted by molar-refractivity contribution is 7.98. The van der Waals surface area contributed by atoms with Gasteiger partial charge >= 0.3 is 0 Å². The predicted octanol–water partition coefficient (Wildman–Crippen LogP) is 5.70. The maximum Gasteiger partial charge on any atom is 0.169 e. The first-order valence-electron chi connectivity index (χ1n) is 8.22. The Morgan fingerprint density at radius 1 is 1.07 bits per heavy atom. The summed E-state index contributed by atoms with van der Waals surface area (Å²) in [6, 6.07) is 12.9. The van der Waals surface area contributed by atoms with Gasteiger partial charge in [0.25, 0.3) is 0 Å². The van der Waals surface area contributed by atoms with E-state index in [0.717, 1.165) is 16.6 Å². The normalized spacial score (nSPS) is 11.2. The third-order valence-electron chi connectivity index (χ3n) is 4.15. The fourth-order valence-corrected chi connectivity index (χ4v) is 4.19. The van der Waals surface area contributed by atoms with Crippen LogP contribution in [0.15, 0.2) is 66.1 Å². The highest BCUT2D eigenvalue weighted by Gasteiger charge is 2.14. The van der Waals surface area contributed by atoms with E-state index in [1.165, 1.54) is 30.0 Å². The third kappa shape index (κ3) is 3.82. The number of halogens is 3. The molecule has 0 fully saturated rings. The lowest BCUT2D eigenvalue weighted by Crippen LogP contribution is -2.02. The number of imidazole rings is 1. The van der Waals surface area contributed by atoms with E-state index in [0.29, 0.717) is 28.0 Å². The van der Waals surface area contributed by atoms with Gasteiger partial charge in [0, 0.05) is 22.5 Å². The minimum atomic E-state index is -0.343. The Kier molecular flexibility index (Phi) is 5.09. The van der Waals surface area contributed by atoms with Gasteiger partial charge < -0.3 is 4.57 Å². The van der Waals surface area contributed by atoms with Gasteiger partial charge in [0.2, 0.25) is 0 Å². The summed E-state index contributed by atoms with van der Waals surface area (Å²) < 4.78 is 29.6. The molecule has 0 spiro atoms. The zero-order valence-corrected chi connectivity index (χ0v) is 15.6. The number of nitrogens with zero attached hydrogens (tertiary/aromatic N) is 3. The first-order valence-corrected chi connectivity index (χ1v) is 9.58. The highest BCUT2D eigenvalue weighted by atomic mass is 35.5. The Morgan fingerprint density at radius 2 is 1.93 bits per heavy atom. The molecular weight excluding hydrogens is 388 g/mol. The van der Waals surface area contributed by atoms with Crippen LogP contribution in [0.1, 0.15) is 11.1 Å². The summed E-state index contributed by atoms with van der Waals surface area (Å²) in [5.41, 5.74) is 2.86. The largest absolute Gasteiger partial charge is 0.313 e. The molecule has 0 aliphatic rings. The molecule has 2 heterocycles. The second kappa shape index (κ2) is 7.66. The molecule has 0 atom stereocenters. The second-order valence-electron chi connectivity index (χ2n) is 5.96. The molecule has 0 amide bonds. The number of hydrogen-bond acceptors (Lipinski definition) is 3. The first-order chi connectivity index (χ1) is 13.1. The zero-order valence-electron chi connectivity index (χ0n) is 14.1. The second-order valence-corrected chi connectivity index (χ2v) is 7.31. The van der Waals surface area contributed by atoms with Crippen molar-refractivity contribution in [2.24, 2.45) is 0 Å². The van der Waals surface area contributed by atoms with Crippen LogP contribution in [0.5, 0.6) is 0 Å². The number of pyridine rings is 1. The van der Waals surface area contributed by atoms with Crippen LogP contribution in [0, 0.1) is 11.6 Å². The first kappa shape index (κ1) is 17.9. The molecule has 0 aliphatic heterocycles. The monoisotopic (exact) mass is 401 g/mol.